The van der Waals surface area contributed by atoms with E-state index in [9.17, 15) is 4.79 Å². The number of hydrogen-bond acceptors (Lipinski definition) is 8. The third kappa shape index (κ3) is 5.90. The zero-order valence-electron chi connectivity index (χ0n) is 21.0. The maximum Gasteiger partial charge on any atom is 0.207 e. The molecule has 36 heavy (non-hydrogen) atoms. The van der Waals surface area contributed by atoms with E-state index in [1.165, 1.54) is 19.2 Å². The molecule has 2 fully saturated rings. The molecule has 5 N–H and O–H groups in total. The Kier molecular flexibility index (Phi) is 8.32. The zero-order chi connectivity index (χ0) is 25.7. The predicted octanol–water partition coefficient (Wildman–Crippen LogP) is 1.87. The van der Waals surface area contributed by atoms with Gasteiger partial charge >= 0.3 is 0 Å². The van der Waals surface area contributed by atoms with Gasteiger partial charge in [-0.05, 0) is 44.5 Å². The summed E-state index contributed by atoms with van der Waals surface area (Å²) >= 11 is 0. The molecular weight excluding hydrogens is 461 g/mol. The Hall–Kier alpha value is -3.31. The smallest absolute Gasteiger partial charge is 0.207 e. The molecule has 1 amide bonds. The lowest BCUT2D eigenvalue weighted by atomic mass is 10.0. The molecule has 1 unspecified atom stereocenters. The van der Waals surface area contributed by atoms with Gasteiger partial charge < -0.3 is 26.3 Å². The van der Waals surface area contributed by atoms with Gasteiger partial charge in [-0.15, -0.1) is 0 Å². The van der Waals surface area contributed by atoms with Crippen LogP contribution in [0.5, 0.6) is 0 Å². The van der Waals surface area contributed by atoms with E-state index in [-0.39, 0.29) is 11.9 Å². The van der Waals surface area contributed by atoms with Crippen molar-refractivity contribution >= 4 is 29.1 Å². The Bertz CT molecular complexity index is 1180. The van der Waals surface area contributed by atoms with Crippen molar-refractivity contribution in [1.82, 2.24) is 29.7 Å². The highest BCUT2D eigenvalue weighted by Crippen LogP contribution is 2.31. The summed E-state index contributed by atoms with van der Waals surface area (Å²) in [7, 11) is 0. The number of anilines is 2. The molecule has 1 aromatic carbocycles. The Morgan fingerprint density at radius 2 is 1.94 bits per heavy atom. The largest absolute Gasteiger partial charge is 0.382 e. The van der Waals surface area contributed by atoms with E-state index >= 15 is 4.39 Å². The number of nitrogen functional groups attached to an aromatic ring is 1. The summed E-state index contributed by atoms with van der Waals surface area (Å²) in [6, 6.07) is 4.11. The lowest BCUT2D eigenvalue weighted by Crippen LogP contribution is -2.29. The lowest BCUT2D eigenvalue weighted by molar-refractivity contribution is -0.109. The topological polar surface area (TPSA) is 131 Å². The highest BCUT2D eigenvalue weighted by molar-refractivity contribution is 5.81. The molecule has 194 valence electrons. The number of nitrogens with one attached hydrogen (secondary N) is 1. The van der Waals surface area contributed by atoms with Gasteiger partial charge in [-0.25, -0.2) is 19.3 Å². The first-order valence-electron chi connectivity index (χ1n) is 12.6. The molecule has 5 rings (SSSR count). The molecule has 0 bridgehead atoms. The van der Waals surface area contributed by atoms with Gasteiger partial charge in [0.2, 0.25) is 6.41 Å². The number of carbonyl (C=O) groups is 1. The van der Waals surface area contributed by atoms with Crippen LogP contribution in [-0.2, 0) is 17.9 Å². The Morgan fingerprint density at radius 1 is 1.17 bits per heavy atom. The SMILES string of the molecule is CCN(CC)Cc1c(F)ccc(N2CCC(N)C2)c1Cn1cnc2c(N)ncnc21.O=CNC1CC1. The number of rotatable bonds is 9. The Labute approximate surface area is 210 Å². The van der Waals surface area contributed by atoms with Crippen molar-refractivity contribution in [1.29, 1.82) is 0 Å². The molecule has 1 saturated heterocycles. The second-order valence-electron chi connectivity index (χ2n) is 9.34. The van der Waals surface area contributed by atoms with Gasteiger partial charge in [0.05, 0.1) is 12.9 Å². The third-order valence-electron chi connectivity index (χ3n) is 6.83. The maximum atomic E-state index is 15.1. The number of nitrogens with zero attached hydrogens (tertiary/aromatic N) is 6. The average Bonchev–Trinajstić information content (AvgIpc) is 3.44. The second-order valence-corrected chi connectivity index (χ2v) is 9.34. The number of halogens is 1. The molecule has 0 radical (unpaired) electrons. The lowest BCUT2D eigenvalue weighted by Gasteiger charge is -2.27. The number of amides is 1. The molecule has 11 heteroatoms. The van der Waals surface area contributed by atoms with Crippen molar-refractivity contribution in [3.63, 3.8) is 0 Å². The van der Waals surface area contributed by atoms with Crippen LogP contribution in [0.25, 0.3) is 11.2 Å². The molecule has 2 aromatic heterocycles. The van der Waals surface area contributed by atoms with Gasteiger partial charge in [0.1, 0.15) is 17.7 Å². The standard InChI is InChI=1S/C21H29FN8.C4H7NO/c1-3-28(4-2)10-15-16(11-30-13-27-19-20(24)25-12-26-21(19)30)18(6-5-17(15)22)29-8-7-14(23)9-29;6-3-5-4-1-2-4/h5-6,12-14H,3-4,7-11,23H2,1-2H3,(H2,24,25,26);3-4H,1-2H2,(H,5,6). The van der Waals surface area contributed by atoms with Gasteiger partial charge in [-0.1, -0.05) is 13.8 Å². The molecule has 10 nitrogen and oxygen atoms in total. The maximum absolute atomic E-state index is 15.1. The molecule has 1 saturated carbocycles. The van der Waals surface area contributed by atoms with Crippen molar-refractivity contribution < 1.29 is 9.18 Å². The predicted molar refractivity (Wildman–Crippen MR) is 139 cm³/mol. The Morgan fingerprint density at radius 3 is 2.56 bits per heavy atom. The van der Waals surface area contributed by atoms with Crippen LogP contribution in [0.3, 0.4) is 0 Å². The molecule has 2 aliphatic rings. The summed E-state index contributed by atoms with van der Waals surface area (Å²) in [5, 5.41) is 2.64. The summed E-state index contributed by atoms with van der Waals surface area (Å²) < 4.78 is 17.0. The van der Waals surface area contributed by atoms with Crippen molar-refractivity contribution in [2.45, 2.75) is 58.3 Å². The zero-order valence-corrected chi connectivity index (χ0v) is 21.0. The van der Waals surface area contributed by atoms with Crippen LogP contribution in [0.1, 0.15) is 44.2 Å². The minimum atomic E-state index is -0.192. The number of aromatic nitrogens is 4. The highest BCUT2D eigenvalue weighted by atomic mass is 19.1. The van der Waals surface area contributed by atoms with E-state index in [4.69, 9.17) is 11.5 Å². The van der Waals surface area contributed by atoms with E-state index in [1.54, 1.807) is 12.4 Å². The average molecular weight is 498 g/mol. The number of nitrogens with two attached hydrogens (primary N) is 2. The van der Waals surface area contributed by atoms with Crippen molar-refractivity contribution in [3.8, 4) is 0 Å². The highest BCUT2D eigenvalue weighted by Gasteiger charge is 2.25. The summed E-state index contributed by atoms with van der Waals surface area (Å²) in [6.45, 7) is 8.51. The third-order valence-corrected chi connectivity index (χ3v) is 6.83. The van der Waals surface area contributed by atoms with E-state index in [2.05, 4.69) is 43.9 Å². The molecule has 3 aromatic rings. The van der Waals surface area contributed by atoms with Crippen molar-refractivity contribution in [2.24, 2.45) is 5.73 Å². The van der Waals surface area contributed by atoms with Crippen molar-refractivity contribution in [2.75, 3.05) is 36.8 Å². The monoisotopic (exact) mass is 497 g/mol. The fourth-order valence-corrected chi connectivity index (χ4v) is 4.50. The number of benzene rings is 1. The number of carbonyl (C=O) groups excluding carboxylic acids is 1. The number of fused-ring (bicyclic) bond motifs is 1. The minimum absolute atomic E-state index is 0.135. The normalized spacial score (nSPS) is 17.4. The molecule has 1 aliphatic heterocycles. The quantitative estimate of drug-likeness (QED) is 0.382. The first kappa shape index (κ1) is 25.8. The number of hydrogen-bond donors (Lipinski definition) is 3. The Balaban J connectivity index is 0.000000445. The minimum Gasteiger partial charge on any atom is -0.382 e. The van der Waals surface area contributed by atoms with Gasteiger partial charge in [0.15, 0.2) is 11.5 Å². The van der Waals surface area contributed by atoms with Crippen LogP contribution in [0.4, 0.5) is 15.9 Å². The van der Waals surface area contributed by atoms with Gasteiger partial charge in [0, 0.05) is 48.5 Å². The summed E-state index contributed by atoms with van der Waals surface area (Å²) in [5.41, 5.74) is 16.0. The molecule has 1 atom stereocenters. The number of imidazole rings is 1. The first-order chi connectivity index (χ1) is 17.4. The van der Waals surface area contributed by atoms with Gasteiger partial charge in [0.25, 0.3) is 0 Å². The van der Waals surface area contributed by atoms with Crippen LogP contribution in [-0.4, -0.2) is 69.1 Å². The molecule has 1 aliphatic carbocycles. The van der Waals surface area contributed by atoms with Crippen LogP contribution in [0.15, 0.2) is 24.8 Å². The fraction of sp³-hybridized carbons (Fsp3) is 0.520. The van der Waals surface area contributed by atoms with Crippen LogP contribution < -0.4 is 21.7 Å². The van der Waals surface area contributed by atoms with E-state index < -0.39 is 0 Å². The summed E-state index contributed by atoms with van der Waals surface area (Å²) in [5.74, 6) is 0.148. The van der Waals surface area contributed by atoms with E-state index in [0.29, 0.717) is 41.7 Å². The second kappa shape index (κ2) is 11.6. The molecule has 3 heterocycles. The summed E-state index contributed by atoms with van der Waals surface area (Å²) in [4.78, 5) is 26.8. The van der Waals surface area contributed by atoms with Crippen molar-refractivity contribution in [3.05, 3.63) is 41.7 Å². The van der Waals surface area contributed by atoms with Crippen LogP contribution >= 0.6 is 0 Å². The van der Waals surface area contributed by atoms with Gasteiger partial charge in [-0.3, -0.25) is 9.69 Å². The van der Waals surface area contributed by atoms with E-state index in [0.717, 1.165) is 50.3 Å². The first-order valence-corrected chi connectivity index (χ1v) is 12.6. The fourth-order valence-electron chi connectivity index (χ4n) is 4.50. The molecular formula is C25H36FN9O. The molecule has 0 spiro atoms. The summed E-state index contributed by atoms with van der Waals surface area (Å²) in [6.07, 6.45) is 7.18. The van der Waals surface area contributed by atoms with Crippen LogP contribution in [0.2, 0.25) is 0 Å². The van der Waals surface area contributed by atoms with E-state index in [1.807, 2.05) is 10.6 Å². The van der Waals surface area contributed by atoms with Gasteiger partial charge in [-0.2, -0.15) is 0 Å². The van der Waals surface area contributed by atoms with Crippen LogP contribution in [0, 0.1) is 5.82 Å².